The first kappa shape index (κ1) is 19.6. The third-order valence-corrected chi connectivity index (χ3v) is 4.95. The molecule has 1 aromatic carbocycles. The van der Waals surface area contributed by atoms with Gasteiger partial charge in [-0.05, 0) is 35.9 Å². The maximum absolute atomic E-state index is 12.7. The van der Waals surface area contributed by atoms with Crippen molar-refractivity contribution in [1.29, 1.82) is 0 Å². The van der Waals surface area contributed by atoms with Gasteiger partial charge in [-0.1, -0.05) is 17.7 Å². The number of carbonyl (C=O) groups is 1. The minimum atomic E-state index is 0.0884. The molecule has 1 aromatic heterocycles. The molecule has 7 heteroatoms. The average molecular weight is 389 g/mol. The second kappa shape index (κ2) is 9.69. The molecule has 1 aliphatic rings. The molecule has 6 nitrogen and oxygen atoms in total. The highest BCUT2D eigenvalue weighted by molar-refractivity contribution is 6.30. The lowest BCUT2D eigenvalue weighted by Gasteiger charge is -2.36. The predicted molar refractivity (Wildman–Crippen MR) is 106 cm³/mol. The van der Waals surface area contributed by atoms with E-state index in [1.54, 1.807) is 23.2 Å². The molecule has 1 saturated heterocycles. The molecule has 27 heavy (non-hydrogen) atoms. The first-order valence-electron chi connectivity index (χ1n) is 9.10. The molecule has 1 aliphatic heterocycles. The van der Waals surface area contributed by atoms with Crippen LogP contribution in [0.15, 0.2) is 48.8 Å². The van der Waals surface area contributed by atoms with Gasteiger partial charge in [-0.25, -0.2) is 0 Å². The lowest BCUT2D eigenvalue weighted by molar-refractivity contribution is -0.132. The third-order valence-electron chi connectivity index (χ3n) is 4.70. The van der Waals surface area contributed by atoms with Gasteiger partial charge in [0.1, 0.15) is 12.4 Å². The Labute approximate surface area is 165 Å². The summed E-state index contributed by atoms with van der Waals surface area (Å²) in [6, 6.07) is 11.4. The number of nitrogens with one attached hydrogen (secondary N) is 1. The average Bonchev–Trinajstić information content (AvgIpc) is 2.70. The number of hydrogen-bond donors (Lipinski definition) is 1. The number of pyridine rings is 1. The Morgan fingerprint density at radius 2 is 2.19 bits per heavy atom. The molecule has 144 valence electrons. The van der Waals surface area contributed by atoms with Gasteiger partial charge in [0, 0.05) is 50.1 Å². The molecule has 2 heterocycles. The number of carbonyl (C=O) groups excluding carboxylic acids is 1. The van der Waals surface area contributed by atoms with E-state index >= 15 is 0 Å². The van der Waals surface area contributed by atoms with Crippen molar-refractivity contribution in [3.05, 3.63) is 59.4 Å². The van der Waals surface area contributed by atoms with E-state index in [1.807, 2.05) is 31.4 Å². The van der Waals surface area contributed by atoms with E-state index in [2.05, 4.69) is 21.3 Å². The van der Waals surface area contributed by atoms with Crippen LogP contribution < -0.4 is 10.1 Å². The monoisotopic (exact) mass is 388 g/mol. The SMILES string of the molecule is CN(CCOc1ccc(Cl)cc1)C(=O)CN1CCNCC1c1cccnc1. The van der Waals surface area contributed by atoms with Crippen LogP contribution in [0.2, 0.25) is 5.02 Å². The van der Waals surface area contributed by atoms with Crippen LogP contribution in [-0.4, -0.2) is 67.1 Å². The minimum Gasteiger partial charge on any atom is -0.492 e. The molecule has 2 aromatic rings. The maximum Gasteiger partial charge on any atom is 0.236 e. The van der Waals surface area contributed by atoms with Gasteiger partial charge >= 0.3 is 0 Å². The molecule has 1 N–H and O–H groups in total. The molecule has 0 saturated carbocycles. The number of ether oxygens (including phenoxy) is 1. The minimum absolute atomic E-state index is 0.0884. The predicted octanol–water partition coefficient (Wildman–Crippen LogP) is 2.22. The summed E-state index contributed by atoms with van der Waals surface area (Å²) >= 11 is 5.86. The van der Waals surface area contributed by atoms with Gasteiger partial charge in [-0.15, -0.1) is 0 Å². The normalized spacial score (nSPS) is 17.5. The lowest BCUT2D eigenvalue weighted by Crippen LogP contribution is -2.50. The van der Waals surface area contributed by atoms with E-state index in [-0.39, 0.29) is 11.9 Å². The Morgan fingerprint density at radius 3 is 2.93 bits per heavy atom. The first-order chi connectivity index (χ1) is 13.1. The smallest absolute Gasteiger partial charge is 0.236 e. The molecule has 0 bridgehead atoms. The largest absolute Gasteiger partial charge is 0.492 e. The van der Waals surface area contributed by atoms with E-state index in [4.69, 9.17) is 16.3 Å². The molecule has 0 spiro atoms. The van der Waals surface area contributed by atoms with Crippen LogP contribution in [0.25, 0.3) is 0 Å². The van der Waals surface area contributed by atoms with E-state index in [1.165, 1.54) is 0 Å². The zero-order valence-corrected chi connectivity index (χ0v) is 16.2. The van der Waals surface area contributed by atoms with Crippen molar-refractivity contribution in [3.8, 4) is 5.75 Å². The molecular formula is C20H25ClN4O2. The van der Waals surface area contributed by atoms with Gasteiger partial charge in [0.15, 0.2) is 0 Å². The van der Waals surface area contributed by atoms with Crippen molar-refractivity contribution in [2.24, 2.45) is 0 Å². The summed E-state index contributed by atoms with van der Waals surface area (Å²) in [5.74, 6) is 0.837. The van der Waals surface area contributed by atoms with Crippen molar-refractivity contribution >= 4 is 17.5 Å². The Kier molecular flexibility index (Phi) is 7.04. The van der Waals surface area contributed by atoms with Crippen LogP contribution in [0.5, 0.6) is 5.75 Å². The summed E-state index contributed by atoms with van der Waals surface area (Å²) < 4.78 is 5.68. The van der Waals surface area contributed by atoms with Crippen molar-refractivity contribution < 1.29 is 9.53 Å². The van der Waals surface area contributed by atoms with Crippen LogP contribution in [-0.2, 0) is 4.79 Å². The molecule has 1 fully saturated rings. The summed E-state index contributed by atoms with van der Waals surface area (Å²) in [6.07, 6.45) is 3.64. The zero-order valence-electron chi connectivity index (χ0n) is 15.5. The highest BCUT2D eigenvalue weighted by Gasteiger charge is 2.26. The molecular weight excluding hydrogens is 364 g/mol. The third kappa shape index (κ3) is 5.66. The summed E-state index contributed by atoms with van der Waals surface area (Å²) in [5.41, 5.74) is 1.13. The van der Waals surface area contributed by atoms with Crippen LogP contribution in [0, 0.1) is 0 Å². The number of benzene rings is 1. The van der Waals surface area contributed by atoms with Crippen LogP contribution in [0.1, 0.15) is 11.6 Å². The van der Waals surface area contributed by atoms with Crippen molar-refractivity contribution in [2.75, 3.05) is 46.4 Å². The number of halogens is 1. The fourth-order valence-electron chi connectivity index (χ4n) is 3.09. The van der Waals surface area contributed by atoms with Gasteiger partial charge in [0.25, 0.3) is 0 Å². The Hall–Kier alpha value is -2.15. The zero-order chi connectivity index (χ0) is 19.1. The quantitative estimate of drug-likeness (QED) is 0.788. The fraction of sp³-hybridized carbons (Fsp3) is 0.400. The number of piperazine rings is 1. The first-order valence-corrected chi connectivity index (χ1v) is 9.48. The van der Waals surface area contributed by atoms with Crippen LogP contribution in [0.3, 0.4) is 0 Å². The highest BCUT2D eigenvalue weighted by Crippen LogP contribution is 2.21. The van der Waals surface area contributed by atoms with Gasteiger partial charge in [0.2, 0.25) is 5.91 Å². The van der Waals surface area contributed by atoms with E-state index in [9.17, 15) is 4.79 Å². The van der Waals surface area contributed by atoms with Gasteiger partial charge in [0.05, 0.1) is 13.1 Å². The number of hydrogen-bond acceptors (Lipinski definition) is 5. The number of rotatable bonds is 7. The summed E-state index contributed by atoms with van der Waals surface area (Å²) in [6.45, 7) is 3.90. The fourth-order valence-corrected chi connectivity index (χ4v) is 3.21. The van der Waals surface area contributed by atoms with Crippen molar-refractivity contribution in [3.63, 3.8) is 0 Å². The van der Waals surface area contributed by atoms with Crippen molar-refractivity contribution in [2.45, 2.75) is 6.04 Å². The topological polar surface area (TPSA) is 57.7 Å². The standard InChI is InChI=1S/C20H25ClN4O2/c1-24(11-12-27-18-6-4-17(21)5-7-18)20(26)15-25-10-9-23-14-19(25)16-3-2-8-22-13-16/h2-8,13,19,23H,9-12,14-15H2,1H3. The van der Waals surface area contributed by atoms with Gasteiger partial charge in [-0.2, -0.15) is 0 Å². The number of nitrogens with zero attached hydrogens (tertiary/aromatic N) is 3. The van der Waals surface area contributed by atoms with E-state index in [0.717, 1.165) is 30.9 Å². The Bertz CT molecular complexity index is 727. The molecule has 3 rings (SSSR count). The number of likely N-dealkylation sites (N-methyl/N-ethyl adjacent to an activating group) is 1. The second-order valence-electron chi connectivity index (χ2n) is 6.59. The Balaban J connectivity index is 1.49. The molecule has 1 unspecified atom stereocenters. The number of amides is 1. The number of aromatic nitrogens is 1. The highest BCUT2D eigenvalue weighted by atomic mass is 35.5. The summed E-state index contributed by atoms with van der Waals surface area (Å²) in [7, 11) is 1.81. The molecule has 0 radical (unpaired) electrons. The van der Waals surface area contributed by atoms with Crippen LogP contribution in [0.4, 0.5) is 0 Å². The lowest BCUT2D eigenvalue weighted by atomic mass is 10.1. The Morgan fingerprint density at radius 1 is 1.37 bits per heavy atom. The summed E-state index contributed by atoms with van der Waals surface area (Å²) in [5, 5.41) is 4.07. The van der Waals surface area contributed by atoms with Crippen molar-refractivity contribution in [1.82, 2.24) is 20.1 Å². The van der Waals surface area contributed by atoms with E-state index < -0.39 is 0 Å². The maximum atomic E-state index is 12.7. The van der Waals surface area contributed by atoms with Gasteiger partial charge < -0.3 is 15.0 Å². The molecule has 1 atom stereocenters. The van der Waals surface area contributed by atoms with Crippen LogP contribution >= 0.6 is 11.6 Å². The molecule has 0 aliphatic carbocycles. The molecule has 1 amide bonds. The van der Waals surface area contributed by atoms with Gasteiger partial charge in [-0.3, -0.25) is 14.7 Å². The second-order valence-corrected chi connectivity index (χ2v) is 7.03. The van der Waals surface area contributed by atoms with E-state index in [0.29, 0.717) is 24.7 Å². The summed E-state index contributed by atoms with van der Waals surface area (Å²) in [4.78, 5) is 20.8.